The maximum Gasteiger partial charge on any atom is 0.0749 e. The summed E-state index contributed by atoms with van der Waals surface area (Å²) in [5, 5.41) is 4.61. The van der Waals surface area contributed by atoms with Crippen LogP contribution in [-0.4, -0.2) is 36.1 Å². The van der Waals surface area contributed by atoms with E-state index < -0.39 is 0 Å². The Morgan fingerprint density at radius 1 is 1.29 bits per heavy atom. The lowest BCUT2D eigenvalue weighted by Crippen LogP contribution is -2.34. The van der Waals surface area contributed by atoms with Crippen LogP contribution < -0.4 is 5.32 Å². The maximum absolute atomic E-state index is 4.67. The zero-order chi connectivity index (χ0) is 14.8. The topological polar surface area (TPSA) is 28.2 Å². The third-order valence-electron chi connectivity index (χ3n) is 4.67. The molecule has 0 radical (unpaired) electrons. The van der Waals surface area contributed by atoms with E-state index in [1.165, 1.54) is 29.4 Å². The zero-order valence-corrected chi connectivity index (χ0v) is 13.2. The molecule has 1 fully saturated rings. The second-order valence-electron chi connectivity index (χ2n) is 6.31. The zero-order valence-electron chi connectivity index (χ0n) is 13.2. The van der Waals surface area contributed by atoms with E-state index in [0.29, 0.717) is 18.0 Å². The van der Waals surface area contributed by atoms with E-state index in [1.807, 2.05) is 12.3 Å². The van der Waals surface area contributed by atoms with Crippen molar-refractivity contribution in [2.24, 2.45) is 5.92 Å². The molecule has 2 atom stereocenters. The number of pyridine rings is 1. The van der Waals surface area contributed by atoms with Crippen LogP contribution in [0.3, 0.4) is 0 Å². The smallest absolute Gasteiger partial charge is 0.0749 e. The van der Waals surface area contributed by atoms with Crippen LogP contribution in [-0.2, 0) is 0 Å². The van der Waals surface area contributed by atoms with Crippen molar-refractivity contribution in [3.8, 4) is 0 Å². The number of hydrogen-bond donors (Lipinski definition) is 1. The predicted molar refractivity (Wildman–Crippen MR) is 88.4 cm³/mol. The molecule has 3 nitrogen and oxygen atoms in total. The Bertz CT molecular complexity index is 603. The summed E-state index contributed by atoms with van der Waals surface area (Å²) in [6, 6.07) is 11.8. The molecule has 0 aliphatic carbocycles. The molecular weight excluding hydrogens is 258 g/mol. The number of fused-ring (bicyclic) bond motifs is 1. The lowest BCUT2D eigenvalue weighted by molar-refractivity contribution is 0.183. The number of rotatable bonds is 4. The standard InChI is InChI=1S/C18H25N3/c1-13(2)21-11-9-15(12-19-3)18(21)16-8-4-6-14-7-5-10-20-17(14)16/h4-8,10,13,15,18-19H,9,11-12H2,1-3H3. The number of hydrogen-bond acceptors (Lipinski definition) is 3. The lowest BCUT2D eigenvalue weighted by Gasteiger charge is -2.32. The second-order valence-corrected chi connectivity index (χ2v) is 6.31. The molecule has 21 heavy (non-hydrogen) atoms. The Morgan fingerprint density at radius 2 is 2.10 bits per heavy atom. The van der Waals surface area contributed by atoms with E-state index in [9.17, 15) is 0 Å². The predicted octanol–water partition coefficient (Wildman–Crippen LogP) is 3.23. The van der Waals surface area contributed by atoms with Gasteiger partial charge in [0.2, 0.25) is 0 Å². The molecule has 0 bridgehead atoms. The lowest BCUT2D eigenvalue weighted by atomic mass is 9.91. The van der Waals surface area contributed by atoms with Crippen molar-refractivity contribution in [1.82, 2.24) is 15.2 Å². The van der Waals surface area contributed by atoms with E-state index in [-0.39, 0.29) is 0 Å². The Hall–Kier alpha value is -1.45. The molecule has 2 heterocycles. The fourth-order valence-electron chi connectivity index (χ4n) is 3.74. The Kier molecular flexibility index (Phi) is 4.22. The second kappa shape index (κ2) is 6.12. The number of nitrogens with one attached hydrogen (secondary N) is 1. The van der Waals surface area contributed by atoms with Gasteiger partial charge in [0.15, 0.2) is 0 Å². The van der Waals surface area contributed by atoms with Gasteiger partial charge in [0.25, 0.3) is 0 Å². The summed E-state index contributed by atoms with van der Waals surface area (Å²) in [6.07, 6.45) is 3.17. The van der Waals surface area contributed by atoms with E-state index in [4.69, 9.17) is 0 Å². The molecule has 0 spiro atoms. The minimum absolute atomic E-state index is 0.469. The fourth-order valence-corrected chi connectivity index (χ4v) is 3.74. The van der Waals surface area contributed by atoms with Gasteiger partial charge in [-0.15, -0.1) is 0 Å². The average Bonchev–Trinajstić information content (AvgIpc) is 2.91. The highest BCUT2D eigenvalue weighted by Crippen LogP contribution is 2.40. The van der Waals surface area contributed by atoms with Gasteiger partial charge in [0, 0.05) is 23.7 Å². The summed E-state index contributed by atoms with van der Waals surface area (Å²) in [5.74, 6) is 0.657. The molecule has 1 N–H and O–H groups in total. The van der Waals surface area contributed by atoms with Crippen molar-refractivity contribution < 1.29 is 0 Å². The quantitative estimate of drug-likeness (QED) is 0.934. The number of nitrogens with zero attached hydrogens (tertiary/aromatic N) is 2. The molecule has 1 aliphatic heterocycles. The van der Waals surface area contributed by atoms with Crippen LogP contribution in [0.2, 0.25) is 0 Å². The highest BCUT2D eigenvalue weighted by molar-refractivity contribution is 5.82. The molecule has 1 aromatic heterocycles. The molecule has 1 aliphatic rings. The average molecular weight is 283 g/mol. The van der Waals surface area contributed by atoms with Crippen LogP contribution >= 0.6 is 0 Å². The number of benzene rings is 1. The molecule has 2 unspecified atom stereocenters. The first-order valence-electron chi connectivity index (χ1n) is 7.96. The summed E-state index contributed by atoms with van der Waals surface area (Å²) in [4.78, 5) is 7.30. The summed E-state index contributed by atoms with van der Waals surface area (Å²) in [6.45, 7) is 6.84. The van der Waals surface area contributed by atoms with Crippen molar-refractivity contribution in [3.63, 3.8) is 0 Å². The molecular formula is C18H25N3. The third kappa shape index (κ3) is 2.68. The Balaban J connectivity index is 2.08. The largest absolute Gasteiger partial charge is 0.319 e. The monoisotopic (exact) mass is 283 g/mol. The first-order chi connectivity index (χ1) is 10.2. The molecule has 0 amide bonds. The molecule has 3 heteroatoms. The molecule has 112 valence electrons. The van der Waals surface area contributed by atoms with Gasteiger partial charge in [-0.2, -0.15) is 0 Å². The first kappa shape index (κ1) is 14.5. The van der Waals surface area contributed by atoms with Gasteiger partial charge in [-0.1, -0.05) is 24.3 Å². The molecule has 2 aromatic rings. The molecule has 1 saturated heterocycles. The van der Waals surface area contributed by atoms with Gasteiger partial charge in [-0.05, 0) is 58.0 Å². The van der Waals surface area contributed by atoms with Crippen molar-refractivity contribution in [2.45, 2.75) is 32.4 Å². The summed E-state index contributed by atoms with van der Waals surface area (Å²) >= 11 is 0. The van der Waals surface area contributed by atoms with E-state index in [1.54, 1.807) is 0 Å². The SMILES string of the molecule is CNCC1CCN(C(C)C)C1c1cccc2cccnc12. The number of aromatic nitrogens is 1. The molecule has 0 saturated carbocycles. The van der Waals surface area contributed by atoms with Gasteiger partial charge in [-0.3, -0.25) is 9.88 Å². The van der Waals surface area contributed by atoms with Crippen LogP contribution in [0.4, 0.5) is 0 Å². The highest BCUT2D eigenvalue weighted by Gasteiger charge is 2.36. The fraction of sp³-hybridized carbons (Fsp3) is 0.500. The van der Waals surface area contributed by atoms with Gasteiger partial charge < -0.3 is 5.32 Å². The summed E-state index contributed by atoms with van der Waals surface area (Å²) in [7, 11) is 2.05. The summed E-state index contributed by atoms with van der Waals surface area (Å²) < 4.78 is 0. The first-order valence-corrected chi connectivity index (χ1v) is 7.96. The van der Waals surface area contributed by atoms with E-state index >= 15 is 0 Å². The van der Waals surface area contributed by atoms with Gasteiger partial charge in [0.05, 0.1) is 5.52 Å². The Morgan fingerprint density at radius 3 is 2.86 bits per heavy atom. The van der Waals surface area contributed by atoms with Crippen molar-refractivity contribution in [3.05, 3.63) is 42.1 Å². The van der Waals surface area contributed by atoms with Crippen molar-refractivity contribution >= 4 is 10.9 Å². The minimum Gasteiger partial charge on any atom is -0.319 e. The maximum atomic E-state index is 4.67. The number of likely N-dealkylation sites (tertiary alicyclic amines) is 1. The minimum atomic E-state index is 0.469. The van der Waals surface area contributed by atoms with Crippen LogP contribution in [0, 0.1) is 5.92 Å². The Labute approximate surface area is 127 Å². The van der Waals surface area contributed by atoms with Crippen molar-refractivity contribution in [1.29, 1.82) is 0 Å². The van der Waals surface area contributed by atoms with E-state index in [0.717, 1.165) is 6.54 Å². The normalized spacial score (nSPS) is 23.2. The third-order valence-corrected chi connectivity index (χ3v) is 4.67. The number of para-hydroxylation sites is 1. The molecule has 3 rings (SSSR count). The van der Waals surface area contributed by atoms with Gasteiger partial charge in [-0.25, -0.2) is 0 Å². The van der Waals surface area contributed by atoms with Gasteiger partial charge in [0.1, 0.15) is 0 Å². The highest BCUT2D eigenvalue weighted by atomic mass is 15.2. The molecule has 1 aromatic carbocycles. The van der Waals surface area contributed by atoms with Crippen molar-refractivity contribution in [2.75, 3.05) is 20.1 Å². The van der Waals surface area contributed by atoms with E-state index in [2.05, 4.69) is 60.4 Å². The van der Waals surface area contributed by atoms with Crippen LogP contribution in [0.15, 0.2) is 36.5 Å². The summed E-state index contributed by atoms with van der Waals surface area (Å²) in [5.41, 5.74) is 2.55. The van der Waals surface area contributed by atoms with Crippen LogP contribution in [0.1, 0.15) is 31.9 Å². The van der Waals surface area contributed by atoms with Crippen LogP contribution in [0.25, 0.3) is 10.9 Å². The van der Waals surface area contributed by atoms with Crippen LogP contribution in [0.5, 0.6) is 0 Å². The van der Waals surface area contributed by atoms with Gasteiger partial charge >= 0.3 is 0 Å².